The van der Waals surface area contributed by atoms with Crippen LogP contribution in [-0.4, -0.2) is 27.3 Å². The van der Waals surface area contributed by atoms with Crippen LogP contribution in [0.25, 0.3) is 0 Å². The van der Waals surface area contributed by atoms with Gasteiger partial charge in [0.05, 0.1) is 21.0 Å². The molecule has 0 heterocycles. The highest BCUT2D eigenvalue weighted by molar-refractivity contribution is 7.93. The van der Waals surface area contributed by atoms with Crippen LogP contribution in [0.5, 0.6) is 0 Å². The first-order valence-corrected chi connectivity index (χ1v) is 7.76. The van der Waals surface area contributed by atoms with Crippen molar-refractivity contribution in [2.45, 2.75) is 12.2 Å². The Morgan fingerprint density at radius 1 is 1.22 bits per heavy atom. The molecule has 0 aliphatic carbocycles. The number of nitrogens with one attached hydrogen (secondary N) is 2. The molecule has 0 bridgehead atoms. The lowest BCUT2D eigenvalue weighted by Gasteiger charge is -2.16. The van der Waals surface area contributed by atoms with Crippen molar-refractivity contribution in [1.29, 1.82) is 0 Å². The zero-order valence-corrected chi connectivity index (χ0v) is 12.9. The molecule has 1 aromatic rings. The van der Waals surface area contributed by atoms with E-state index in [0.29, 0.717) is 11.6 Å². The molecule has 0 amide bonds. The first kappa shape index (κ1) is 15.9. The molecule has 0 fully saturated rings. The molecule has 1 atom stereocenters. The summed E-state index contributed by atoms with van der Waals surface area (Å²) in [5, 5.41) is 2.83. The molecule has 0 spiro atoms. The smallest absolute Gasteiger partial charge is 0.236 e. The first-order chi connectivity index (χ1) is 8.27. The van der Waals surface area contributed by atoms with Crippen molar-refractivity contribution in [3.63, 3.8) is 0 Å². The van der Waals surface area contributed by atoms with Crippen molar-refractivity contribution in [2.24, 2.45) is 0 Å². The molecule has 0 aliphatic rings. The summed E-state index contributed by atoms with van der Waals surface area (Å²) in [4.78, 5) is 0. The van der Waals surface area contributed by atoms with E-state index in [9.17, 15) is 8.42 Å². The minimum Gasteiger partial charge on any atom is -0.318 e. The molecule has 18 heavy (non-hydrogen) atoms. The summed E-state index contributed by atoms with van der Waals surface area (Å²) in [7, 11) is -1.88. The van der Waals surface area contributed by atoms with E-state index >= 15 is 0 Å². The highest BCUT2D eigenvalue weighted by Crippen LogP contribution is 2.34. The van der Waals surface area contributed by atoms with E-state index in [2.05, 4.69) is 10.0 Å². The summed E-state index contributed by atoms with van der Waals surface area (Å²) >= 11 is 17.6. The summed E-state index contributed by atoms with van der Waals surface area (Å²) in [5.41, 5.74) is 0.144. The fourth-order valence-electron chi connectivity index (χ4n) is 1.28. The van der Waals surface area contributed by atoms with Crippen LogP contribution in [0.1, 0.15) is 6.92 Å². The zero-order valence-electron chi connectivity index (χ0n) is 9.80. The van der Waals surface area contributed by atoms with Crippen molar-refractivity contribution in [3.05, 3.63) is 27.2 Å². The van der Waals surface area contributed by atoms with Crippen molar-refractivity contribution in [1.82, 2.24) is 5.32 Å². The van der Waals surface area contributed by atoms with Crippen LogP contribution in [0.15, 0.2) is 12.1 Å². The monoisotopic (exact) mass is 330 g/mol. The van der Waals surface area contributed by atoms with Crippen LogP contribution < -0.4 is 10.0 Å². The molecule has 2 N–H and O–H groups in total. The number of sulfonamides is 1. The Labute approximate surface area is 122 Å². The van der Waals surface area contributed by atoms with Gasteiger partial charge in [0, 0.05) is 11.6 Å². The second kappa shape index (κ2) is 6.30. The number of anilines is 1. The molecule has 1 rings (SSSR count). The molecule has 1 aromatic carbocycles. The fraction of sp³-hybridized carbons (Fsp3) is 0.400. The van der Waals surface area contributed by atoms with E-state index < -0.39 is 15.3 Å². The molecule has 0 radical (unpaired) electrons. The molecule has 102 valence electrons. The Morgan fingerprint density at radius 2 is 1.72 bits per heavy atom. The third-order valence-electron chi connectivity index (χ3n) is 2.27. The van der Waals surface area contributed by atoms with E-state index in [4.69, 9.17) is 34.8 Å². The second-order valence-corrected chi connectivity index (χ2v) is 7.11. The largest absolute Gasteiger partial charge is 0.318 e. The van der Waals surface area contributed by atoms with Gasteiger partial charge in [-0.1, -0.05) is 34.8 Å². The number of rotatable bonds is 5. The molecular formula is C10H13Cl3N2O2S. The standard InChI is InChI=1S/C10H13Cl3N2O2S/c1-6(5-14-2)18(16,17)15-10-8(12)3-7(11)4-9(10)13/h3-4,6,14-15H,5H2,1-2H3. The Kier molecular flexibility index (Phi) is 5.55. The van der Waals surface area contributed by atoms with Gasteiger partial charge in [0.25, 0.3) is 0 Å². The third-order valence-corrected chi connectivity index (χ3v) is 4.80. The van der Waals surface area contributed by atoms with Crippen LogP contribution in [0.4, 0.5) is 5.69 Å². The number of halogens is 3. The number of hydrogen-bond acceptors (Lipinski definition) is 3. The van der Waals surface area contributed by atoms with Crippen molar-refractivity contribution in [2.75, 3.05) is 18.3 Å². The van der Waals surface area contributed by atoms with E-state index in [-0.39, 0.29) is 15.7 Å². The van der Waals surface area contributed by atoms with E-state index in [1.165, 1.54) is 12.1 Å². The lowest BCUT2D eigenvalue weighted by Crippen LogP contribution is -2.33. The van der Waals surface area contributed by atoms with Crippen LogP contribution >= 0.6 is 34.8 Å². The molecular weight excluding hydrogens is 319 g/mol. The average molecular weight is 332 g/mol. The Bertz CT molecular complexity index is 511. The van der Waals surface area contributed by atoms with E-state index in [1.54, 1.807) is 14.0 Å². The zero-order chi connectivity index (χ0) is 13.9. The first-order valence-electron chi connectivity index (χ1n) is 5.08. The molecule has 8 heteroatoms. The summed E-state index contributed by atoms with van der Waals surface area (Å²) in [6.45, 7) is 1.90. The van der Waals surface area contributed by atoms with E-state index in [0.717, 1.165) is 0 Å². The highest BCUT2D eigenvalue weighted by Gasteiger charge is 2.22. The van der Waals surface area contributed by atoms with Crippen molar-refractivity contribution < 1.29 is 8.42 Å². The van der Waals surface area contributed by atoms with Crippen LogP contribution in [-0.2, 0) is 10.0 Å². The van der Waals surface area contributed by atoms with Gasteiger partial charge in [-0.15, -0.1) is 0 Å². The fourth-order valence-corrected chi connectivity index (χ4v) is 3.39. The molecule has 0 saturated heterocycles. The summed E-state index contributed by atoms with van der Waals surface area (Å²) < 4.78 is 26.3. The van der Waals surface area contributed by atoms with Gasteiger partial charge in [0.1, 0.15) is 0 Å². The maximum Gasteiger partial charge on any atom is 0.236 e. The molecule has 0 aliphatic heterocycles. The van der Waals surface area contributed by atoms with Gasteiger partial charge in [-0.2, -0.15) is 0 Å². The SMILES string of the molecule is CNCC(C)S(=O)(=O)Nc1c(Cl)cc(Cl)cc1Cl. The summed E-state index contributed by atoms with van der Waals surface area (Å²) in [6, 6.07) is 2.85. The minimum atomic E-state index is -3.56. The summed E-state index contributed by atoms with van der Waals surface area (Å²) in [6.07, 6.45) is 0. The topological polar surface area (TPSA) is 58.2 Å². The van der Waals surface area contributed by atoms with Gasteiger partial charge < -0.3 is 5.32 Å². The van der Waals surface area contributed by atoms with Gasteiger partial charge in [0.15, 0.2) is 0 Å². The predicted molar refractivity (Wildman–Crippen MR) is 77.4 cm³/mol. The van der Waals surface area contributed by atoms with Gasteiger partial charge in [-0.05, 0) is 26.1 Å². The minimum absolute atomic E-state index is 0.144. The summed E-state index contributed by atoms with van der Waals surface area (Å²) in [5.74, 6) is 0. The second-order valence-electron chi connectivity index (χ2n) is 3.76. The highest BCUT2D eigenvalue weighted by atomic mass is 35.5. The Morgan fingerprint density at radius 3 is 2.17 bits per heavy atom. The van der Waals surface area contributed by atoms with E-state index in [1.807, 2.05) is 0 Å². The predicted octanol–water partition coefficient (Wildman–Crippen LogP) is 3.00. The van der Waals surface area contributed by atoms with Crippen LogP contribution in [0.3, 0.4) is 0 Å². The van der Waals surface area contributed by atoms with Gasteiger partial charge >= 0.3 is 0 Å². The van der Waals surface area contributed by atoms with Crippen molar-refractivity contribution >= 4 is 50.5 Å². The Hall–Kier alpha value is -0.200. The molecule has 4 nitrogen and oxygen atoms in total. The maximum atomic E-state index is 12.0. The molecule has 1 unspecified atom stereocenters. The van der Waals surface area contributed by atoms with Gasteiger partial charge in [-0.3, -0.25) is 4.72 Å². The van der Waals surface area contributed by atoms with Crippen LogP contribution in [0, 0.1) is 0 Å². The van der Waals surface area contributed by atoms with Crippen LogP contribution in [0.2, 0.25) is 15.1 Å². The molecule has 0 aromatic heterocycles. The normalized spacial score (nSPS) is 13.4. The van der Waals surface area contributed by atoms with Crippen molar-refractivity contribution in [3.8, 4) is 0 Å². The lowest BCUT2D eigenvalue weighted by molar-refractivity contribution is 0.584. The maximum absolute atomic E-state index is 12.0. The number of hydrogen-bond donors (Lipinski definition) is 2. The number of benzene rings is 1. The third kappa shape index (κ3) is 3.90. The average Bonchev–Trinajstić information content (AvgIpc) is 2.23. The van der Waals surface area contributed by atoms with Gasteiger partial charge in [0.2, 0.25) is 10.0 Å². The Balaban J connectivity index is 3.05. The quantitative estimate of drug-likeness (QED) is 0.872. The lowest BCUT2D eigenvalue weighted by atomic mass is 10.3. The van der Waals surface area contributed by atoms with Gasteiger partial charge in [-0.25, -0.2) is 8.42 Å². The molecule has 0 saturated carbocycles.